The first-order chi connectivity index (χ1) is 15.9. The molecule has 33 heavy (non-hydrogen) atoms. The highest BCUT2D eigenvalue weighted by Crippen LogP contribution is 2.40. The van der Waals surface area contributed by atoms with E-state index in [-0.39, 0.29) is 34.2 Å². The maximum Gasteiger partial charge on any atom is 0.290 e. The molecular formula is C25H27ClN2O5. The van der Waals surface area contributed by atoms with Gasteiger partial charge in [0.05, 0.1) is 24.1 Å². The number of rotatable bonds is 8. The molecule has 0 saturated carbocycles. The SMILES string of the molecule is CCN(CC)CCCN1C(=O)c2oc3ccc(Cl)cc3c(=O)c2[C@@H]1c1ccc(O)c(OC)c1. The molecule has 1 amide bonds. The molecule has 1 aromatic heterocycles. The number of hydrogen-bond donors (Lipinski definition) is 1. The number of aromatic hydroxyl groups is 1. The Balaban J connectivity index is 1.83. The Morgan fingerprint density at radius 2 is 1.91 bits per heavy atom. The lowest BCUT2D eigenvalue weighted by atomic mass is 9.98. The zero-order valence-corrected chi connectivity index (χ0v) is 19.7. The van der Waals surface area contributed by atoms with E-state index in [0.29, 0.717) is 28.1 Å². The number of phenolic OH excluding ortho intramolecular Hbond substituents is 1. The molecule has 1 aliphatic rings. The van der Waals surface area contributed by atoms with Crippen LogP contribution in [0, 0.1) is 0 Å². The summed E-state index contributed by atoms with van der Waals surface area (Å²) in [5.74, 6) is -0.0221. The number of phenols is 1. The molecule has 1 N–H and O–H groups in total. The second-order valence-corrected chi connectivity index (χ2v) is 8.46. The Bertz CT molecular complexity index is 1250. The molecule has 4 rings (SSSR count). The van der Waals surface area contributed by atoms with Crippen molar-refractivity contribution in [3.63, 3.8) is 0 Å². The van der Waals surface area contributed by atoms with E-state index in [2.05, 4.69) is 18.7 Å². The van der Waals surface area contributed by atoms with Crippen LogP contribution in [0.2, 0.25) is 5.02 Å². The van der Waals surface area contributed by atoms with Gasteiger partial charge >= 0.3 is 0 Å². The van der Waals surface area contributed by atoms with Gasteiger partial charge in [-0.3, -0.25) is 9.59 Å². The van der Waals surface area contributed by atoms with Gasteiger partial charge in [-0.05, 0) is 62.0 Å². The van der Waals surface area contributed by atoms with E-state index < -0.39 is 6.04 Å². The summed E-state index contributed by atoms with van der Waals surface area (Å²) in [4.78, 5) is 31.0. The molecule has 2 heterocycles. The maximum absolute atomic E-state index is 13.6. The van der Waals surface area contributed by atoms with E-state index in [1.165, 1.54) is 13.2 Å². The summed E-state index contributed by atoms with van der Waals surface area (Å²) in [6, 6.07) is 9.00. The molecule has 0 bridgehead atoms. The van der Waals surface area contributed by atoms with Crippen LogP contribution < -0.4 is 10.2 Å². The van der Waals surface area contributed by atoms with Crippen LogP contribution in [0.5, 0.6) is 11.5 Å². The summed E-state index contributed by atoms with van der Waals surface area (Å²) < 4.78 is 11.2. The molecule has 3 aromatic rings. The lowest BCUT2D eigenvalue weighted by Gasteiger charge is -2.27. The van der Waals surface area contributed by atoms with Gasteiger partial charge in [0.2, 0.25) is 5.76 Å². The Labute approximate surface area is 197 Å². The summed E-state index contributed by atoms with van der Waals surface area (Å²) >= 11 is 6.13. The molecule has 7 nitrogen and oxygen atoms in total. The molecule has 0 radical (unpaired) electrons. The molecule has 0 aliphatic carbocycles. The first-order valence-corrected chi connectivity index (χ1v) is 11.4. The first-order valence-electron chi connectivity index (χ1n) is 11.1. The van der Waals surface area contributed by atoms with Crippen LogP contribution in [0.4, 0.5) is 0 Å². The molecule has 0 spiro atoms. The van der Waals surface area contributed by atoms with Crippen LogP contribution >= 0.6 is 11.6 Å². The van der Waals surface area contributed by atoms with Crippen molar-refractivity contribution in [3.05, 3.63) is 68.5 Å². The zero-order valence-electron chi connectivity index (χ0n) is 18.9. The van der Waals surface area contributed by atoms with E-state index in [9.17, 15) is 14.7 Å². The van der Waals surface area contributed by atoms with Gasteiger partial charge in [-0.25, -0.2) is 0 Å². The summed E-state index contributed by atoms with van der Waals surface area (Å²) in [7, 11) is 1.46. The summed E-state index contributed by atoms with van der Waals surface area (Å²) in [6.07, 6.45) is 0.743. The van der Waals surface area contributed by atoms with Crippen molar-refractivity contribution in [2.24, 2.45) is 0 Å². The fourth-order valence-electron chi connectivity index (χ4n) is 4.44. The van der Waals surface area contributed by atoms with Gasteiger partial charge < -0.3 is 24.1 Å². The van der Waals surface area contributed by atoms with E-state index in [0.717, 1.165) is 26.1 Å². The average molecular weight is 471 g/mol. The number of fused-ring (bicyclic) bond motifs is 2. The minimum Gasteiger partial charge on any atom is -0.504 e. The number of hydrogen-bond acceptors (Lipinski definition) is 6. The summed E-state index contributed by atoms with van der Waals surface area (Å²) in [5, 5.41) is 10.8. The lowest BCUT2D eigenvalue weighted by molar-refractivity contribution is 0.0720. The van der Waals surface area contributed by atoms with Crippen molar-refractivity contribution in [3.8, 4) is 11.5 Å². The fraction of sp³-hybridized carbons (Fsp3) is 0.360. The zero-order chi connectivity index (χ0) is 23.7. The second-order valence-electron chi connectivity index (χ2n) is 8.03. The molecule has 1 atom stereocenters. The van der Waals surface area contributed by atoms with E-state index >= 15 is 0 Å². The molecule has 0 unspecified atom stereocenters. The molecule has 8 heteroatoms. The van der Waals surface area contributed by atoms with Gasteiger partial charge in [-0.15, -0.1) is 0 Å². The van der Waals surface area contributed by atoms with Gasteiger partial charge in [-0.1, -0.05) is 31.5 Å². The monoisotopic (exact) mass is 470 g/mol. The Kier molecular flexibility index (Phi) is 6.63. The molecule has 1 aliphatic heterocycles. The number of ether oxygens (including phenoxy) is 1. The maximum atomic E-state index is 13.6. The van der Waals surface area contributed by atoms with Crippen LogP contribution in [-0.2, 0) is 0 Å². The molecular weight excluding hydrogens is 444 g/mol. The topological polar surface area (TPSA) is 83.2 Å². The minimum absolute atomic E-state index is 0.0174. The van der Waals surface area contributed by atoms with E-state index in [1.54, 1.807) is 35.2 Å². The van der Waals surface area contributed by atoms with Crippen LogP contribution in [0.25, 0.3) is 11.0 Å². The van der Waals surface area contributed by atoms with E-state index in [4.69, 9.17) is 20.8 Å². The van der Waals surface area contributed by atoms with E-state index in [1.807, 2.05) is 0 Å². The normalized spacial score (nSPS) is 15.5. The number of amides is 1. The van der Waals surface area contributed by atoms with Crippen molar-refractivity contribution in [2.75, 3.05) is 33.3 Å². The predicted octanol–water partition coefficient (Wildman–Crippen LogP) is 4.44. The summed E-state index contributed by atoms with van der Waals surface area (Å²) in [6.45, 7) is 7.34. The number of methoxy groups -OCH3 is 1. The van der Waals surface area contributed by atoms with Crippen molar-refractivity contribution in [1.29, 1.82) is 0 Å². The number of carbonyl (C=O) groups is 1. The highest BCUT2D eigenvalue weighted by Gasteiger charge is 2.42. The standard InChI is InChI=1S/C25H27ClN2O5/c1-4-27(5-2)11-6-12-28-22(15-7-9-18(29)20(13-15)32-3)21-23(30)17-14-16(26)8-10-19(17)33-24(21)25(28)31/h7-10,13-14,22,29H,4-6,11-12H2,1-3H3/t22-/m0/s1. The quantitative estimate of drug-likeness (QED) is 0.524. The third-order valence-corrected chi connectivity index (χ3v) is 6.45. The predicted molar refractivity (Wildman–Crippen MR) is 127 cm³/mol. The molecule has 0 saturated heterocycles. The van der Waals surface area contributed by atoms with Crippen LogP contribution in [0.1, 0.15) is 48.0 Å². The van der Waals surface area contributed by atoms with Crippen LogP contribution in [0.15, 0.2) is 45.6 Å². The highest BCUT2D eigenvalue weighted by atomic mass is 35.5. The van der Waals surface area contributed by atoms with Gasteiger partial charge in [0.25, 0.3) is 5.91 Å². The van der Waals surface area contributed by atoms with Gasteiger partial charge in [0.1, 0.15) is 5.58 Å². The van der Waals surface area contributed by atoms with Gasteiger partial charge in [0.15, 0.2) is 16.9 Å². The highest BCUT2D eigenvalue weighted by molar-refractivity contribution is 6.31. The number of halogens is 1. The van der Waals surface area contributed by atoms with Gasteiger partial charge in [0, 0.05) is 11.6 Å². The number of benzene rings is 2. The van der Waals surface area contributed by atoms with Gasteiger partial charge in [-0.2, -0.15) is 0 Å². The van der Waals surface area contributed by atoms with Crippen LogP contribution in [-0.4, -0.2) is 54.1 Å². The molecule has 2 aromatic carbocycles. The average Bonchev–Trinajstić information content (AvgIpc) is 3.09. The van der Waals surface area contributed by atoms with Crippen molar-refractivity contribution in [2.45, 2.75) is 26.3 Å². The molecule has 0 fully saturated rings. The minimum atomic E-state index is -0.654. The smallest absolute Gasteiger partial charge is 0.290 e. The Morgan fingerprint density at radius 3 is 2.61 bits per heavy atom. The molecule has 174 valence electrons. The van der Waals surface area contributed by atoms with Crippen LogP contribution in [0.3, 0.4) is 0 Å². The Hall–Kier alpha value is -3.03. The largest absolute Gasteiger partial charge is 0.504 e. The second kappa shape index (κ2) is 9.45. The fourth-order valence-corrected chi connectivity index (χ4v) is 4.61. The van der Waals surface area contributed by atoms with Crippen molar-refractivity contribution in [1.82, 2.24) is 9.80 Å². The van der Waals surface area contributed by atoms with Crippen molar-refractivity contribution < 1.29 is 19.1 Å². The third-order valence-electron chi connectivity index (χ3n) is 6.22. The number of nitrogens with zero attached hydrogens (tertiary/aromatic N) is 2. The third kappa shape index (κ3) is 4.18. The lowest BCUT2D eigenvalue weighted by Crippen LogP contribution is -2.33. The Morgan fingerprint density at radius 1 is 1.15 bits per heavy atom. The van der Waals surface area contributed by atoms with Crippen molar-refractivity contribution >= 4 is 28.5 Å². The first kappa shape index (κ1) is 23.1. The number of carbonyl (C=O) groups excluding carboxylic acids is 1. The summed E-state index contributed by atoms with van der Waals surface area (Å²) in [5.41, 5.74) is 0.979.